The van der Waals surface area contributed by atoms with Crippen LogP contribution in [-0.2, 0) is 27.2 Å². The molecule has 1 unspecified atom stereocenters. The van der Waals surface area contributed by atoms with E-state index < -0.39 is 12.3 Å². The van der Waals surface area contributed by atoms with E-state index in [1.807, 2.05) is 36.5 Å². The van der Waals surface area contributed by atoms with Crippen molar-refractivity contribution >= 4 is 17.3 Å². The van der Waals surface area contributed by atoms with Gasteiger partial charge in [-0.3, -0.25) is 0 Å². The fraction of sp³-hybridized carbons (Fsp3) is 0.259. The van der Waals surface area contributed by atoms with E-state index in [0.717, 1.165) is 47.5 Å². The molecule has 1 N–H and O–H groups in total. The van der Waals surface area contributed by atoms with E-state index in [1.54, 1.807) is 31.4 Å². The molecule has 174 valence electrons. The predicted octanol–water partition coefficient (Wildman–Crippen LogP) is 4.71. The molecule has 0 spiro atoms. The lowest BCUT2D eigenvalue weighted by atomic mass is 10.1. The monoisotopic (exact) mass is 457 g/mol. The number of imidazole rings is 1. The van der Waals surface area contributed by atoms with E-state index in [9.17, 15) is 4.79 Å². The van der Waals surface area contributed by atoms with Gasteiger partial charge in [-0.2, -0.15) is 0 Å². The molecule has 0 aliphatic carbocycles. The molecule has 0 saturated carbocycles. The van der Waals surface area contributed by atoms with Gasteiger partial charge in [-0.25, -0.2) is 9.78 Å². The number of aromatic nitrogens is 2. The minimum atomic E-state index is -0.831. The van der Waals surface area contributed by atoms with Gasteiger partial charge in [0.15, 0.2) is 5.65 Å². The summed E-state index contributed by atoms with van der Waals surface area (Å²) >= 11 is 0. The van der Waals surface area contributed by atoms with E-state index >= 15 is 0 Å². The Kier molecular flexibility index (Phi) is 6.56. The Bertz CT molecular complexity index is 1290. The number of nitrogens with zero attached hydrogens (tertiary/aromatic N) is 2. The molecule has 0 saturated heterocycles. The van der Waals surface area contributed by atoms with Crippen molar-refractivity contribution in [1.82, 2.24) is 9.38 Å². The molecular formula is C27H27N3O4. The van der Waals surface area contributed by atoms with Crippen LogP contribution in [0.1, 0.15) is 27.9 Å². The molecule has 0 fully saturated rings. The van der Waals surface area contributed by atoms with Crippen molar-refractivity contribution in [3.8, 4) is 11.3 Å². The molecule has 1 atom stereocenters. The zero-order valence-corrected chi connectivity index (χ0v) is 19.1. The average molecular weight is 458 g/mol. The first-order valence-electron chi connectivity index (χ1n) is 11.4. The Balaban J connectivity index is 1.36. The van der Waals surface area contributed by atoms with Crippen molar-refractivity contribution in [1.29, 1.82) is 0 Å². The number of benzene rings is 2. The van der Waals surface area contributed by atoms with E-state index in [2.05, 4.69) is 22.0 Å². The van der Waals surface area contributed by atoms with Crippen LogP contribution in [0.3, 0.4) is 0 Å². The van der Waals surface area contributed by atoms with Crippen molar-refractivity contribution in [2.45, 2.75) is 25.7 Å². The maximum Gasteiger partial charge on any atom is 0.340 e. The fourth-order valence-electron chi connectivity index (χ4n) is 4.21. The maximum absolute atomic E-state index is 12.5. The van der Waals surface area contributed by atoms with Crippen LogP contribution in [0.5, 0.6) is 0 Å². The van der Waals surface area contributed by atoms with Gasteiger partial charge in [0, 0.05) is 31.6 Å². The van der Waals surface area contributed by atoms with Gasteiger partial charge in [-0.05, 0) is 42.2 Å². The number of ether oxygens (including phenoxy) is 3. The molecule has 2 aromatic carbocycles. The third kappa shape index (κ3) is 4.66. The summed E-state index contributed by atoms with van der Waals surface area (Å²) in [7, 11) is 1.55. The van der Waals surface area contributed by atoms with Gasteiger partial charge in [0.25, 0.3) is 0 Å². The smallest absolute Gasteiger partial charge is 0.340 e. The predicted molar refractivity (Wildman–Crippen MR) is 130 cm³/mol. The Morgan fingerprint density at radius 3 is 2.79 bits per heavy atom. The molecule has 0 amide bonds. The first-order valence-corrected chi connectivity index (χ1v) is 11.4. The Morgan fingerprint density at radius 2 is 1.94 bits per heavy atom. The number of hydrogen-bond acceptors (Lipinski definition) is 6. The first-order chi connectivity index (χ1) is 16.7. The summed E-state index contributed by atoms with van der Waals surface area (Å²) in [5, 5.41) is 3.50. The van der Waals surface area contributed by atoms with Crippen LogP contribution in [0.25, 0.3) is 16.9 Å². The highest BCUT2D eigenvalue weighted by Crippen LogP contribution is 2.30. The van der Waals surface area contributed by atoms with Crippen LogP contribution in [0.4, 0.5) is 5.69 Å². The lowest BCUT2D eigenvalue weighted by Gasteiger charge is -2.18. The average Bonchev–Trinajstić information content (AvgIpc) is 3.33. The topological polar surface area (TPSA) is 74.1 Å². The van der Waals surface area contributed by atoms with Crippen LogP contribution >= 0.6 is 0 Å². The largest absolute Gasteiger partial charge is 0.430 e. The number of methoxy groups -OCH3 is 1. The summed E-state index contributed by atoms with van der Waals surface area (Å²) in [5.74, 6) is -0.450. The Morgan fingerprint density at radius 1 is 1.12 bits per heavy atom. The molecule has 1 aliphatic heterocycles. The number of aryl methyl sites for hydroxylation is 1. The van der Waals surface area contributed by atoms with Crippen LogP contribution < -0.4 is 5.32 Å². The van der Waals surface area contributed by atoms with Crippen LogP contribution in [-0.4, -0.2) is 41.9 Å². The van der Waals surface area contributed by atoms with Gasteiger partial charge < -0.3 is 23.9 Å². The number of anilines is 1. The van der Waals surface area contributed by atoms with E-state index in [-0.39, 0.29) is 13.2 Å². The summed E-state index contributed by atoms with van der Waals surface area (Å²) in [6.45, 7) is 1.34. The SMILES string of the molecule is COCC(OCc1ccccc1-c1cn2ccc3c(c2n1)NCCC3)OC(=O)c1ccccc1. The van der Waals surface area contributed by atoms with Crippen LogP contribution in [0.15, 0.2) is 73.1 Å². The molecule has 2 aromatic heterocycles. The van der Waals surface area contributed by atoms with Gasteiger partial charge >= 0.3 is 5.97 Å². The summed E-state index contributed by atoms with van der Waals surface area (Å²) in [5.41, 5.74) is 6.60. The van der Waals surface area contributed by atoms with Gasteiger partial charge in [0.2, 0.25) is 6.29 Å². The van der Waals surface area contributed by atoms with Gasteiger partial charge in [0.05, 0.1) is 23.6 Å². The molecule has 4 aromatic rings. The summed E-state index contributed by atoms with van der Waals surface area (Å²) in [4.78, 5) is 17.4. The molecule has 7 heteroatoms. The van der Waals surface area contributed by atoms with Crippen molar-refractivity contribution in [2.75, 3.05) is 25.6 Å². The number of rotatable bonds is 8. The first kappa shape index (κ1) is 22.1. The third-order valence-corrected chi connectivity index (χ3v) is 5.91. The number of esters is 1. The maximum atomic E-state index is 12.5. The number of hydrogen-bond donors (Lipinski definition) is 1. The molecule has 7 nitrogen and oxygen atoms in total. The number of nitrogens with one attached hydrogen (secondary N) is 1. The van der Waals surface area contributed by atoms with Gasteiger partial charge in [-0.15, -0.1) is 0 Å². The van der Waals surface area contributed by atoms with Crippen LogP contribution in [0.2, 0.25) is 0 Å². The second-order valence-corrected chi connectivity index (χ2v) is 8.23. The molecule has 3 heterocycles. The molecule has 0 bridgehead atoms. The second-order valence-electron chi connectivity index (χ2n) is 8.23. The lowest BCUT2D eigenvalue weighted by Crippen LogP contribution is -2.26. The third-order valence-electron chi connectivity index (χ3n) is 5.91. The minimum Gasteiger partial charge on any atom is -0.430 e. The van der Waals surface area contributed by atoms with Gasteiger partial charge in [0.1, 0.15) is 6.61 Å². The molecule has 5 rings (SSSR count). The highest BCUT2D eigenvalue weighted by molar-refractivity contribution is 5.89. The normalized spacial score (nSPS) is 13.8. The summed E-state index contributed by atoms with van der Waals surface area (Å²) in [6, 6.07) is 19.0. The van der Waals surface area contributed by atoms with E-state index in [0.29, 0.717) is 5.56 Å². The second kappa shape index (κ2) is 10.1. The lowest BCUT2D eigenvalue weighted by molar-refractivity contribution is -0.144. The van der Waals surface area contributed by atoms with Crippen LogP contribution in [0, 0.1) is 0 Å². The quantitative estimate of drug-likeness (QED) is 0.305. The fourth-order valence-corrected chi connectivity index (χ4v) is 4.21. The number of pyridine rings is 1. The number of carbonyl (C=O) groups is 1. The molecule has 0 radical (unpaired) electrons. The highest BCUT2D eigenvalue weighted by Gasteiger charge is 2.19. The summed E-state index contributed by atoms with van der Waals surface area (Å²) < 4.78 is 18.8. The summed E-state index contributed by atoms with van der Waals surface area (Å²) in [6.07, 6.45) is 5.46. The molecular weight excluding hydrogens is 430 g/mol. The van der Waals surface area contributed by atoms with Crippen molar-refractivity contribution < 1.29 is 19.0 Å². The van der Waals surface area contributed by atoms with Crippen molar-refractivity contribution in [2.24, 2.45) is 0 Å². The Hall–Kier alpha value is -3.68. The zero-order valence-electron chi connectivity index (χ0n) is 19.1. The minimum absolute atomic E-state index is 0.132. The van der Waals surface area contributed by atoms with Gasteiger partial charge in [-0.1, -0.05) is 42.5 Å². The van der Waals surface area contributed by atoms with E-state index in [4.69, 9.17) is 19.2 Å². The highest BCUT2D eigenvalue weighted by atomic mass is 16.7. The standard InChI is InChI=1S/C27H27N3O4/c1-32-18-24(34-27(31)20-8-3-2-4-9-20)33-17-21-10-5-6-12-22(21)23-16-30-15-13-19-11-7-14-28-25(19)26(30)29-23/h2-6,8-10,12-13,15-16,24,28H,7,11,14,17-18H2,1H3. The van der Waals surface area contributed by atoms with Crippen molar-refractivity contribution in [3.05, 3.63) is 89.7 Å². The van der Waals surface area contributed by atoms with Crippen molar-refractivity contribution in [3.63, 3.8) is 0 Å². The van der Waals surface area contributed by atoms with E-state index in [1.165, 1.54) is 5.56 Å². The molecule has 1 aliphatic rings. The number of fused-ring (bicyclic) bond motifs is 3. The molecule has 34 heavy (non-hydrogen) atoms. The Labute approximate surface area is 198 Å². The zero-order chi connectivity index (χ0) is 23.3. The number of carbonyl (C=O) groups excluding carboxylic acids is 1.